The van der Waals surface area contributed by atoms with Crippen molar-refractivity contribution >= 4 is 17.7 Å². The fourth-order valence-electron chi connectivity index (χ4n) is 5.53. The molecule has 2 atom stereocenters. The third-order valence-electron chi connectivity index (χ3n) is 7.71. The molecule has 41 heavy (non-hydrogen) atoms. The molecule has 1 saturated carbocycles. The second-order valence-electron chi connectivity index (χ2n) is 10.8. The van der Waals surface area contributed by atoms with Gasteiger partial charge in [0.1, 0.15) is 11.9 Å². The van der Waals surface area contributed by atoms with Crippen molar-refractivity contribution < 1.29 is 32.3 Å². The largest absolute Gasteiger partial charge is 0.463 e. The van der Waals surface area contributed by atoms with Gasteiger partial charge in [-0.3, -0.25) is 4.79 Å². The lowest BCUT2D eigenvalue weighted by Gasteiger charge is -2.29. The lowest BCUT2D eigenvalue weighted by molar-refractivity contribution is -0.145. The molecule has 2 heterocycles. The number of rotatable bonds is 7. The van der Waals surface area contributed by atoms with Crippen LogP contribution >= 0.6 is 0 Å². The highest BCUT2D eigenvalue weighted by Gasteiger charge is 2.46. The Kier molecular flexibility index (Phi) is 7.67. The first-order valence-corrected chi connectivity index (χ1v) is 13.4. The third-order valence-corrected chi connectivity index (χ3v) is 7.71. The first-order valence-electron chi connectivity index (χ1n) is 13.4. The average molecular weight is 574 g/mol. The number of amides is 2. The molecule has 0 spiro atoms. The molecule has 2 aliphatic rings. The van der Waals surface area contributed by atoms with E-state index in [2.05, 4.69) is 10.3 Å². The van der Waals surface area contributed by atoms with E-state index in [4.69, 9.17) is 0 Å². The zero-order valence-corrected chi connectivity index (χ0v) is 22.7. The Balaban J connectivity index is 1.52. The normalized spacial score (nSPS) is 18.5. The number of alkyl halides is 3. The minimum atomic E-state index is -4.44. The molecule has 0 bridgehead atoms. The number of carbonyl (C=O) groups is 2. The van der Waals surface area contributed by atoms with Crippen LogP contribution in [0.3, 0.4) is 0 Å². The van der Waals surface area contributed by atoms with Crippen LogP contribution in [-0.2, 0) is 13.6 Å². The molecule has 2 aromatic carbocycles. The summed E-state index contributed by atoms with van der Waals surface area (Å²) in [5, 5.41) is 12.2. The van der Waals surface area contributed by atoms with Crippen LogP contribution in [0.5, 0.6) is 0 Å². The van der Waals surface area contributed by atoms with Gasteiger partial charge in [-0.05, 0) is 79.5 Å². The number of halogens is 4. The van der Waals surface area contributed by atoms with Crippen LogP contribution in [0.15, 0.2) is 53.8 Å². The van der Waals surface area contributed by atoms with Crippen LogP contribution in [0, 0.1) is 18.7 Å². The van der Waals surface area contributed by atoms with Crippen LogP contribution in [0.4, 0.5) is 28.0 Å². The molecule has 3 aromatic rings. The summed E-state index contributed by atoms with van der Waals surface area (Å²) >= 11 is 0. The first kappa shape index (κ1) is 28.4. The summed E-state index contributed by atoms with van der Waals surface area (Å²) in [4.78, 5) is 29.8. The molecule has 2 N–H and O–H groups in total. The summed E-state index contributed by atoms with van der Waals surface area (Å²) in [5.41, 5.74) is 2.32. The van der Waals surface area contributed by atoms with Gasteiger partial charge in [-0.1, -0.05) is 12.1 Å². The van der Waals surface area contributed by atoms with E-state index in [0.29, 0.717) is 17.5 Å². The van der Waals surface area contributed by atoms with Crippen LogP contribution < -0.4 is 15.8 Å². The van der Waals surface area contributed by atoms with E-state index in [1.165, 1.54) is 21.6 Å². The summed E-state index contributed by atoms with van der Waals surface area (Å²) in [6.07, 6.45) is -0.485. The summed E-state index contributed by atoms with van der Waals surface area (Å²) in [6, 6.07) is 7.36. The van der Waals surface area contributed by atoms with Crippen molar-refractivity contribution in [3.63, 3.8) is 0 Å². The summed E-state index contributed by atoms with van der Waals surface area (Å²) < 4.78 is 58.6. The monoisotopic (exact) mass is 573 g/mol. The summed E-state index contributed by atoms with van der Waals surface area (Å²) in [5.74, 6) is -0.618. The molecule has 1 saturated heterocycles. The smallest absolute Gasteiger partial charge is 0.434 e. The van der Waals surface area contributed by atoms with Crippen molar-refractivity contribution in [3.8, 4) is 0 Å². The van der Waals surface area contributed by atoms with Gasteiger partial charge in [-0.15, -0.1) is 4.99 Å². The fraction of sp³-hybridized carbons (Fsp3) is 0.414. The fourth-order valence-corrected chi connectivity index (χ4v) is 5.53. The molecule has 12 heteroatoms. The molecule has 1 aliphatic heterocycles. The molecule has 5 rings (SSSR count). The van der Waals surface area contributed by atoms with E-state index in [1.807, 2.05) is 0 Å². The number of hydrogen-bond donors (Lipinski definition) is 2. The van der Waals surface area contributed by atoms with E-state index in [-0.39, 0.29) is 54.2 Å². The summed E-state index contributed by atoms with van der Waals surface area (Å²) in [6.45, 7) is 1.92. The molecular formula is C29H31F4N5O3. The maximum absolute atomic E-state index is 13.9. The number of aryl methyl sites for hydroxylation is 2. The van der Waals surface area contributed by atoms with Gasteiger partial charge in [0.15, 0.2) is 0 Å². The lowest BCUT2D eigenvalue weighted by atomic mass is 9.99. The predicted molar refractivity (Wildman–Crippen MR) is 143 cm³/mol. The molecule has 2 fully saturated rings. The Labute approximate surface area is 233 Å². The topological polar surface area (TPSA) is 91.9 Å². The minimum Gasteiger partial charge on any atom is -0.463 e. The number of hydrogen-bond acceptors (Lipinski definition) is 3. The SMILES string of the molecule is Cc1cc([C@@H](NC(=O)c2cc(Cn3ccn(C)/c3=N\C(=O)O)cc(N3CCC[C@@H]3C(F)(F)F)c2)C2CC2)ccc1F. The highest BCUT2D eigenvalue weighted by molar-refractivity contribution is 5.95. The summed E-state index contributed by atoms with van der Waals surface area (Å²) in [7, 11) is 1.63. The highest BCUT2D eigenvalue weighted by Crippen LogP contribution is 2.42. The van der Waals surface area contributed by atoms with E-state index in [0.717, 1.165) is 18.4 Å². The Hall–Kier alpha value is -4.09. The number of carboxylic acid groups (broad SMARTS) is 1. The zero-order valence-electron chi connectivity index (χ0n) is 22.7. The van der Waals surface area contributed by atoms with Crippen molar-refractivity contribution in [3.05, 3.63) is 82.5 Å². The van der Waals surface area contributed by atoms with Crippen molar-refractivity contribution in [1.82, 2.24) is 14.5 Å². The van der Waals surface area contributed by atoms with E-state index < -0.39 is 24.2 Å². The lowest BCUT2D eigenvalue weighted by Crippen LogP contribution is -2.41. The van der Waals surface area contributed by atoms with Gasteiger partial charge in [0, 0.05) is 37.2 Å². The van der Waals surface area contributed by atoms with E-state index >= 15 is 0 Å². The number of benzene rings is 2. The van der Waals surface area contributed by atoms with Gasteiger partial charge in [0.25, 0.3) is 5.91 Å². The van der Waals surface area contributed by atoms with Gasteiger partial charge in [-0.2, -0.15) is 13.2 Å². The molecule has 218 valence electrons. The van der Waals surface area contributed by atoms with Crippen LogP contribution in [0.1, 0.15) is 58.8 Å². The van der Waals surface area contributed by atoms with Crippen LogP contribution in [0.25, 0.3) is 0 Å². The maximum atomic E-state index is 13.9. The van der Waals surface area contributed by atoms with Gasteiger partial charge >= 0.3 is 12.3 Å². The standard InChI is InChI=1S/C29H31F4N5O3/c1-17-12-20(7-8-23(17)30)25(19-5-6-19)34-26(39)21-13-18(16-37-11-10-36(2)27(37)35-28(40)41)14-22(15-21)38-9-3-4-24(38)29(31,32)33/h7-8,10-15,19,24-25H,3-6,9,16H2,1-2H3,(H,34,39)(H,40,41)/b35-27+/t24-,25+/m1/s1. The Morgan fingerprint density at radius 1 is 1.12 bits per heavy atom. The number of nitrogens with zero attached hydrogens (tertiary/aromatic N) is 4. The molecular weight excluding hydrogens is 542 g/mol. The maximum Gasteiger partial charge on any atom is 0.434 e. The van der Waals surface area contributed by atoms with Crippen molar-refractivity contribution in [1.29, 1.82) is 0 Å². The highest BCUT2D eigenvalue weighted by atomic mass is 19.4. The first-order chi connectivity index (χ1) is 19.4. The second kappa shape index (κ2) is 11.1. The molecule has 8 nitrogen and oxygen atoms in total. The Morgan fingerprint density at radius 2 is 1.88 bits per heavy atom. The molecule has 0 unspecified atom stereocenters. The van der Waals surface area contributed by atoms with Crippen LogP contribution in [0.2, 0.25) is 0 Å². The number of anilines is 1. The van der Waals surface area contributed by atoms with E-state index in [9.17, 15) is 32.3 Å². The quantitative estimate of drug-likeness (QED) is 0.375. The minimum absolute atomic E-state index is 0.0436. The van der Waals surface area contributed by atoms with Crippen molar-refractivity contribution in [2.45, 2.75) is 57.4 Å². The van der Waals surface area contributed by atoms with Gasteiger partial charge in [0.05, 0.1) is 12.6 Å². The molecule has 0 radical (unpaired) electrons. The van der Waals surface area contributed by atoms with Crippen LogP contribution in [-0.4, -0.2) is 45.0 Å². The van der Waals surface area contributed by atoms with Crippen molar-refractivity contribution in [2.75, 3.05) is 11.4 Å². The van der Waals surface area contributed by atoms with Gasteiger partial charge in [-0.25, -0.2) is 9.18 Å². The van der Waals surface area contributed by atoms with E-state index in [1.54, 1.807) is 55.2 Å². The number of imidazole rings is 1. The predicted octanol–water partition coefficient (Wildman–Crippen LogP) is 5.31. The number of aromatic nitrogens is 2. The van der Waals surface area contributed by atoms with Gasteiger partial charge < -0.3 is 24.5 Å². The molecule has 2 amide bonds. The van der Waals surface area contributed by atoms with Gasteiger partial charge in [0.2, 0.25) is 5.62 Å². The van der Waals surface area contributed by atoms with Crippen molar-refractivity contribution in [2.24, 2.45) is 18.0 Å². The molecule has 1 aromatic heterocycles. The Morgan fingerprint density at radius 3 is 2.54 bits per heavy atom. The number of carbonyl (C=O) groups excluding carboxylic acids is 1. The number of nitrogens with one attached hydrogen (secondary N) is 1. The molecule has 1 aliphatic carbocycles. The Bertz CT molecular complexity index is 1540. The third kappa shape index (κ3) is 6.31. The zero-order chi connectivity index (χ0) is 29.5. The average Bonchev–Trinajstić information content (AvgIpc) is 3.52. The second-order valence-corrected chi connectivity index (χ2v) is 10.8.